The number of amides is 1. The molecule has 0 saturated carbocycles. The third-order valence-corrected chi connectivity index (χ3v) is 5.14. The van der Waals surface area contributed by atoms with Crippen molar-refractivity contribution >= 4 is 18.3 Å². The van der Waals surface area contributed by atoms with Gasteiger partial charge < -0.3 is 14.8 Å². The first-order chi connectivity index (χ1) is 13.2. The molecule has 1 atom stereocenters. The van der Waals surface area contributed by atoms with E-state index in [9.17, 15) is 4.79 Å². The summed E-state index contributed by atoms with van der Waals surface area (Å²) in [5, 5.41) is 3.38. The number of nitrogens with one attached hydrogen (secondary N) is 1. The van der Waals surface area contributed by atoms with Crippen LogP contribution < -0.4 is 5.32 Å². The third-order valence-electron chi connectivity index (χ3n) is 5.14. The standard InChI is InChI=1S/C22H24N4O.ClH/c1-25-13-12-24-22(25)20-16-23-11-14-26(20)21(27)15-17-7-9-19(10-8-17)18-5-3-2-4-6-18;/h2-10,12-13,20,23H,11,14-16H2,1H3;1H. The number of hydrogen-bond donors (Lipinski definition) is 1. The van der Waals surface area contributed by atoms with E-state index in [-0.39, 0.29) is 24.4 Å². The van der Waals surface area contributed by atoms with Crippen molar-refractivity contribution in [2.75, 3.05) is 19.6 Å². The molecule has 1 aliphatic heterocycles. The molecule has 2 aromatic carbocycles. The minimum absolute atomic E-state index is 0. The lowest BCUT2D eigenvalue weighted by molar-refractivity contribution is -0.134. The summed E-state index contributed by atoms with van der Waals surface area (Å²) >= 11 is 0. The van der Waals surface area contributed by atoms with Crippen LogP contribution in [0.1, 0.15) is 17.4 Å². The number of piperazine rings is 1. The average molecular weight is 397 g/mol. The molecule has 1 aromatic heterocycles. The van der Waals surface area contributed by atoms with Crippen LogP contribution in [0.3, 0.4) is 0 Å². The number of aromatic nitrogens is 2. The second-order valence-corrected chi connectivity index (χ2v) is 6.94. The monoisotopic (exact) mass is 396 g/mol. The lowest BCUT2D eigenvalue weighted by atomic mass is 10.0. The summed E-state index contributed by atoms with van der Waals surface area (Å²) in [6.45, 7) is 2.27. The van der Waals surface area contributed by atoms with E-state index in [1.807, 2.05) is 40.9 Å². The van der Waals surface area contributed by atoms with E-state index in [4.69, 9.17) is 0 Å². The number of carbonyl (C=O) groups excluding carboxylic acids is 1. The van der Waals surface area contributed by atoms with Gasteiger partial charge in [0.1, 0.15) is 11.9 Å². The second kappa shape index (κ2) is 9.04. The molecule has 0 radical (unpaired) electrons. The number of nitrogens with zero attached hydrogens (tertiary/aromatic N) is 3. The first-order valence-corrected chi connectivity index (χ1v) is 9.34. The average Bonchev–Trinajstić information content (AvgIpc) is 3.15. The summed E-state index contributed by atoms with van der Waals surface area (Å²) in [4.78, 5) is 19.4. The van der Waals surface area contributed by atoms with Gasteiger partial charge in [0.25, 0.3) is 0 Å². The van der Waals surface area contributed by atoms with Crippen LogP contribution in [0.2, 0.25) is 0 Å². The Labute approximate surface area is 171 Å². The van der Waals surface area contributed by atoms with Gasteiger partial charge in [-0.05, 0) is 16.7 Å². The van der Waals surface area contributed by atoms with Crippen molar-refractivity contribution in [2.45, 2.75) is 12.5 Å². The molecule has 1 aliphatic rings. The Kier molecular flexibility index (Phi) is 6.49. The number of rotatable bonds is 4. The molecular formula is C22H25ClN4O. The van der Waals surface area contributed by atoms with Crippen LogP contribution >= 0.6 is 12.4 Å². The number of benzene rings is 2. The highest BCUT2D eigenvalue weighted by molar-refractivity contribution is 5.85. The van der Waals surface area contributed by atoms with Crippen molar-refractivity contribution in [3.05, 3.63) is 78.4 Å². The fraction of sp³-hybridized carbons (Fsp3) is 0.273. The lowest BCUT2D eigenvalue weighted by Gasteiger charge is -2.35. The molecule has 4 rings (SSSR count). The Hall–Kier alpha value is -2.63. The molecule has 2 heterocycles. The summed E-state index contributed by atoms with van der Waals surface area (Å²) in [6.07, 6.45) is 4.12. The van der Waals surface area contributed by atoms with Gasteiger partial charge >= 0.3 is 0 Å². The molecule has 1 unspecified atom stereocenters. The predicted octanol–water partition coefficient (Wildman–Crippen LogP) is 3.22. The van der Waals surface area contributed by atoms with E-state index in [0.717, 1.165) is 24.5 Å². The number of halogens is 1. The molecule has 6 heteroatoms. The Morgan fingerprint density at radius 1 is 1.11 bits per heavy atom. The quantitative estimate of drug-likeness (QED) is 0.736. The highest BCUT2D eigenvalue weighted by Crippen LogP contribution is 2.23. The van der Waals surface area contributed by atoms with Gasteiger partial charge in [-0.3, -0.25) is 4.79 Å². The largest absolute Gasteiger partial charge is 0.336 e. The first-order valence-electron chi connectivity index (χ1n) is 9.34. The maximum atomic E-state index is 13.0. The second-order valence-electron chi connectivity index (χ2n) is 6.94. The van der Waals surface area contributed by atoms with Gasteiger partial charge in [-0.25, -0.2) is 4.98 Å². The van der Waals surface area contributed by atoms with E-state index in [0.29, 0.717) is 13.0 Å². The van der Waals surface area contributed by atoms with Crippen molar-refractivity contribution in [3.63, 3.8) is 0 Å². The molecule has 1 fully saturated rings. The Morgan fingerprint density at radius 2 is 1.82 bits per heavy atom. The summed E-state index contributed by atoms with van der Waals surface area (Å²) in [5.74, 6) is 1.08. The summed E-state index contributed by atoms with van der Waals surface area (Å²) < 4.78 is 1.99. The summed E-state index contributed by atoms with van der Waals surface area (Å²) in [5.41, 5.74) is 3.39. The molecule has 1 saturated heterocycles. The van der Waals surface area contributed by atoms with Crippen LogP contribution in [0.5, 0.6) is 0 Å². The zero-order valence-corrected chi connectivity index (χ0v) is 16.7. The highest BCUT2D eigenvalue weighted by Gasteiger charge is 2.30. The Bertz CT molecular complexity index is 908. The summed E-state index contributed by atoms with van der Waals surface area (Å²) in [7, 11) is 1.97. The minimum Gasteiger partial charge on any atom is -0.336 e. The minimum atomic E-state index is -0.0187. The molecule has 0 aliphatic carbocycles. The molecule has 146 valence electrons. The van der Waals surface area contributed by atoms with Crippen LogP contribution in [0.25, 0.3) is 11.1 Å². The van der Waals surface area contributed by atoms with Gasteiger partial charge in [-0.15, -0.1) is 12.4 Å². The third kappa shape index (κ3) is 4.26. The first kappa shape index (κ1) is 20.1. The Balaban J connectivity index is 0.00000225. The molecule has 3 aromatic rings. The van der Waals surface area contributed by atoms with Gasteiger partial charge in [0, 0.05) is 39.1 Å². The molecule has 28 heavy (non-hydrogen) atoms. The normalized spacial score (nSPS) is 16.5. The van der Waals surface area contributed by atoms with Crippen LogP contribution in [-0.4, -0.2) is 40.0 Å². The smallest absolute Gasteiger partial charge is 0.227 e. The maximum absolute atomic E-state index is 13.0. The zero-order chi connectivity index (χ0) is 18.6. The molecular weight excluding hydrogens is 372 g/mol. The van der Waals surface area contributed by atoms with Gasteiger partial charge in [-0.2, -0.15) is 0 Å². The van der Waals surface area contributed by atoms with Gasteiger partial charge in [-0.1, -0.05) is 54.6 Å². The fourth-order valence-electron chi connectivity index (χ4n) is 3.65. The van der Waals surface area contributed by atoms with Crippen molar-refractivity contribution in [1.82, 2.24) is 19.8 Å². The van der Waals surface area contributed by atoms with E-state index >= 15 is 0 Å². The highest BCUT2D eigenvalue weighted by atomic mass is 35.5. The van der Waals surface area contributed by atoms with Gasteiger partial charge in [0.15, 0.2) is 0 Å². The van der Waals surface area contributed by atoms with E-state index in [2.05, 4.69) is 46.7 Å². The van der Waals surface area contributed by atoms with Crippen LogP contribution in [0.4, 0.5) is 0 Å². The summed E-state index contributed by atoms with van der Waals surface area (Å²) in [6, 6.07) is 18.5. The van der Waals surface area contributed by atoms with Crippen molar-refractivity contribution in [2.24, 2.45) is 7.05 Å². The Morgan fingerprint density at radius 3 is 2.50 bits per heavy atom. The molecule has 0 spiro atoms. The van der Waals surface area contributed by atoms with E-state index in [1.165, 1.54) is 11.1 Å². The van der Waals surface area contributed by atoms with Gasteiger partial charge in [0.05, 0.1) is 6.42 Å². The molecule has 1 N–H and O–H groups in total. The van der Waals surface area contributed by atoms with E-state index in [1.54, 1.807) is 6.20 Å². The maximum Gasteiger partial charge on any atom is 0.227 e. The number of carbonyl (C=O) groups is 1. The lowest BCUT2D eigenvalue weighted by Crippen LogP contribution is -2.49. The van der Waals surface area contributed by atoms with E-state index < -0.39 is 0 Å². The van der Waals surface area contributed by atoms with Crippen LogP contribution in [0.15, 0.2) is 67.0 Å². The van der Waals surface area contributed by atoms with Crippen LogP contribution in [-0.2, 0) is 18.3 Å². The number of aryl methyl sites for hydroxylation is 1. The zero-order valence-electron chi connectivity index (χ0n) is 15.9. The SMILES string of the molecule is Cl.Cn1ccnc1C1CNCCN1C(=O)Cc1ccc(-c2ccccc2)cc1. The number of hydrogen-bond acceptors (Lipinski definition) is 3. The molecule has 0 bridgehead atoms. The van der Waals surface area contributed by atoms with Crippen molar-refractivity contribution in [1.29, 1.82) is 0 Å². The van der Waals surface area contributed by atoms with Crippen LogP contribution in [0, 0.1) is 0 Å². The topological polar surface area (TPSA) is 50.2 Å². The van der Waals surface area contributed by atoms with Gasteiger partial charge in [0.2, 0.25) is 5.91 Å². The molecule has 1 amide bonds. The van der Waals surface area contributed by atoms with Crippen molar-refractivity contribution in [3.8, 4) is 11.1 Å². The predicted molar refractivity (Wildman–Crippen MR) is 113 cm³/mol. The fourth-order valence-corrected chi connectivity index (χ4v) is 3.65. The van der Waals surface area contributed by atoms with Crippen molar-refractivity contribution < 1.29 is 4.79 Å². The molecule has 5 nitrogen and oxygen atoms in total. The number of imidazole rings is 1.